The number of carbonyl (C=O) groups is 3. The summed E-state index contributed by atoms with van der Waals surface area (Å²) in [4.78, 5) is 39.7. The third-order valence-electron chi connectivity index (χ3n) is 4.47. The fraction of sp³-hybridized carbons (Fsp3) is 0.348. The molecule has 0 bridgehead atoms. The first kappa shape index (κ1) is 22.1. The number of unbranched alkanes of at least 4 members (excludes halogenated alkanes) is 1. The molecule has 0 fully saturated rings. The summed E-state index contributed by atoms with van der Waals surface area (Å²) < 4.78 is 0. The molecular weight excluding hydrogens is 366 g/mol. The normalized spacial score (nSPS) is 14.8. The Morgan fingerprint density at radius 3 is 2.38 bits per heavy atom. The highest BCUT2D eigenvalue weighted by Crippen LogP contribution is 2.32. The number of fused-ring (bicyclic) bond motifs is 1. The van der Waals surface area contributed by atoms with Gasteiger partial charge in [0.1, 0.15) is 0 Å². The van der Waals surface area contributed by atoms with Gasteiger partial charge in [-0.25, -0.2) is 0 Å². The van der Waals surface area contributed by atoms with E-state index in [2.05, 4.69) is 10.6 Å². The second-order valence-corrected chi connectivity index (χ2v) is 6.48. The topological polar surface area (TPSA) is 78.5 Å². The van der Waals surface area contributed by atoms with E-state index in [0.29, 0.717) is 17.9 Å². The van der Waals surface area contributed by atoms with E-state index in [1.807, 2.05) is 51.1 Å². The molecule has 1 aliphatic rings. The van der Waals surface area contributed by atoms with E-state index < -0.39 is 17.9 Å². The first-order chi connectivity index (χ1) is 14.1. The Bertz CT molecular complexity index is 836. The minimum atomic E-state index is -1.21. The number of rotatable bonds is 6. The molecular formula is C23H29N3O3. The van der Waals surface area contributed by atoms with Gasteiger partial charge in [-0.3, -0.25) is 19.3 Å². The van der Waals surface area contributed by atoms with Gasteiger partial charge in [-0.1, -0.05) is 69.7 Å². The van der Waals surface area contributed by atoms with Gasteiger partial charge in [-0.05, 0) is 24.1 Å². The van der Waals surface area contributed by atoms with E-state index >= 15 is 0 Å². The number of hydrogen-bond acceptors (Lipinski definition) is 3. The van der Waals surface area contributed by atoms with Crippen molar-refractivity contribution >= 4 is 29.1 Å². The van der Waals surface area contributed by atoms with Crippen LogP contribution in [0.3, 0.4) is 0 Å². The van der Waals surface area contributed by atoms with Crippen LogP contribution in [0.4, 0.5) is 11.4 Å². The third-order valence-corrected chi connectivity index (χ3v) is 4.47. The minimum absolute atomic E-state index is 0.112. The molecule has 1 atom stereocenters. The van der Waals surface area contributed by atoms with Crippen molar-refractivity contribution in [3.63, 3.8) is 0 Å². The molecule has 29 heavy (non-hydrogen) atoms. The molecule has 6 nitrogen and oxygen atoms in total. The standard InChI is InChI=1S/C21H23N3O3.C2H6/c1-2-3-13-22-20(26)19-21(27)23-16-11-7-8-12-17(16)24(19)18(25)14-15-9-5-4-6-10-15;1-2/h4-12,19H,2-3,13-14H2,1H3,(H,22,26)(H,23,27);1-2H3. The van der Waals surface area contributed by atoms with Gasteiger partial charge in [-0.15, -0.1) is 0 Å². The van der Waals surface area contributed by atoms with Gasteiger partial charge in [-0.2, -0.15) is 0 Å². The lowest BCUT2D eigenvalue weighted by Crippen LogP contribution is -2.58. The highest BCUT2D eigenvalue weighted by atomic mass is 16.2. The number of amides is 3. The maximum atomic E-state index is 13.1. The predicted molar refractivity (Wildman–Crippen MR) is 116 cm³/mol. The van der Waals surface area contributed by atoms with Gasteiger partial charge in [0.25, 0.3) is 11.8 Å². The number of para-hydroxylation sites is 2. The molecule has 0 aromatic heterocycles. The van der Waals surface area contributed by atoms with Crippen molar-refractivity contribution in [3.8, 4) is 0 Å². The molecule has 1 heterocycles. The van der Waals surface area contributed by atoms with Crippen LogP contribution < -0.4 is 15.5 Å². The Kier molecular flexibility index (Phi) is 8.40. The molecule has 2 aromatic rings. The number of carbonyl (C=O) groups excluding carboxylic acids is 3. The maximum Gasteiger partial charge on any atom is 0.257 e. The lowest BCUT2D eigenvalue weighted by Gasteiger charge is -2.35. The van der Waals surface area contributed by atoms with E-state index in [-0.39, 0.29) is 12.3 Å². The molecule has 0 aliphatic carbocycles. The Balaban J connectivity index is 0.00000145. The number of benzene rings is 2. The summed E-state index contributed by atoms with van der Waals surface area (Å²) in [6.45, 7) is 6.49. The average Bonchev–Trinajstić information content (AvgIpc) is 2.75. The Morgan fingerprint density at radius 2 is 1.69 bits per heavy atom. The molecule has 6 heteroatoms. The molecule has 2 N–H and O–H groups in total. The third kappa shape index (κ3) is 5.44. The summed E-state index contributed by atoms with van der Waals surface area (Å²) in [6.07, 6.45) is 1.85. The fourth-order valence-electron chi connectivity index (χ4n) is 3.10. The summed E-state index contributed by atoms with van der Waals surface area (Å²) >= 11 is 0. The summed E-state index contributed by atoms with van der Waals surface area (Å²) in [5, 5.41) is 5.51. The van der Waals surface area contributed by atoms with Crippen molar-refractivity contribution in [2.24, 2.45) is 0 Å². The van der Waals surface area contributed by atoms with Crippen molar-refractivity contribution < 1.29 is 14.4 Å². The molecule has 0 saturated heterocycles. The maximum absolute atomic E-state index is 13.1. The number of nitrogens with zero attached hydrogens (tertiary/aromatic N) is 1. The summed E-state index contributed by atoms with van der Waals surface area (Å²) in [7, 11) is 0. The van der Waals surface area contributed by atoms with Crippen LogP contribution in [0.25, 0.3) is 0 Å². The Hall–Kier alpha value is -3.15. The molecule has 0 radical (unpaired) electrons. The van der Waals surface area contributed by atoms with Crippen molar-refractivity contribution in [1.29, 1.82) is 0 Å². The predicted octanol–water partition coefficient (Wildman–Crippen LogP) is 3.53. The van der Waals surface area contributed by atoms with Gasteiger partial charge < -0.3 is 10.6 Å². The molecule has 2 aromatic carbocycles. The second kappa shape index (κ2) is 11.0. The molecule has 0 spiro atoms. The first-order valence-electron chi connectivity index (χ1n) is 10.2. The second-order valence-electron chi connectivity index (χ2n) is 6.48. The van der Waals surface area contributed by atoms with Crippen LogP contribution in [0.5, 0.6) is 0 Å². The van der Waals surface area contributed by atoms with E-state index in [1.54, 1.807) is 24.3 Å². The van der Waals surface area contributed by atoms with Crippen molar-refractivity contribution in [2.45, 2.75) is 46.1 Å². The van der Waals surface area contributed by atoms with Crippen LogP contribution in [0.1, 0.15) is 39.2 Å². The average molecular weight is 396 g/mol. The van der Waals surface area contributed by atoms with Crippen LogP contribution in [-0.4, -0.2) is 30.3 Å². The van der Waals surface area contributed by atoms with Crippen LogP contribution in [-0.2, 0) is 20.8 Å². The highest BCUT2D eigenvalue weighted by molar-refractivity contribution is 6.21. The highest BCUT2D eigenvalue weighted by Gasteiger charge is 2.41. The Labute approximate surface area is 172 Å². The quantitative estimate of drug-likeness (QED) is 0.580. The van der Waals surface area contributed by atoms with Crippen LogP contribution >= 0.6 is 0 Å². The van der Waals surface area contributed by atoms with Crippen LogP contribution in [0.15, 0.2) is 54.6 Å². The summed E-state index contributed by atoms with van der Waals surface area (Å²) in [6, 6.07) is 15.1. The van der Waals surface area contributed by atoms with Crippen LogP contribution in [0, 0.1) is 0 Å². The largest absolute Gasteiger partial charge is 0.354 e. The van der Waals surface area contributed by atoms with Gasteiger partial charge in [0.05, 0.1) is 17.8 Å². The number of anilines is 2. The lowest BCUT2D eigenvalue weighted by molar-refractivity contribution is -0.132. The van der Waals surface area contributed by atoms with E-state index in [1.165, 1.54) is 4.90 Å². The smallest absolute Gasteiger partial charge is 0.257 e. The van der Waals surface area contributed by atoms with E-state index in [9.17, 15) is 14.4 Å². The Morgan fingerprint density at radius 1 is 1.03 bits per heavy atom. The number of hydrogen-bond donors (Lipinski definition) is 2. The zero-order chi connectivity index (χ0) is 21.2. The van der Waals surface area contributed by atoms with E-state index in [4.69, 9.17) is 0 Å². The van der Waals surface area contributed by atoms with Gasteiger partial charge >= 0.3 is 0 Å². The monoisotopic (exact) mass is 395 g/mol. The lowest BCUT2D eigenvalue weighted by atomic mass is 10.0. The van der Waals surface area contributed by atoms with E-state index in [0.717, 1.165) is 18.4 Å². The minimum Gasteiger partial charge on any atom is -0.354 e. The van der Waals surface area contributed by atoms with Gasteiger partial charge in [0.15, 0.2) is 6.04 Å². The van der Waals surface area contributed by atoms with Gasteiger partial charge in [0, 0.05) is 6.54 Å². The zero-order valence-electron chi connectivity index (χ0n) is 17.3. The molecule has 1 unspecified atom stereocenters. The SMILES string of the molecule is CC.CCCCNC(=O)C1C(=O)Nc2ccccc2N1C(=O)Cc1ccccc1. The summed E-state index contributed by atoms with van der Waals surface area (Å²) in [5.41, 5.74) is 1.89. The summed E-state index contributed by atoms with van der Waals surface area (Å²) in [5.74, 6) is -1.25. The van der Waals surface area contributed by atoms with Crippen molar-refractivity contribution in [1.82, 2.24) is 5.32 Å². The van der Waals surface area contributed by atoms with Crippen LogP contribution in [0.2, 0.25) is 0 Å². The van der Waals surface area contributed by atoms with Gasteiger partial charge in [0.2, 0.25) is 5.91 Å². The molecule has 1 aliphatic heterocycles. The van der Waals surface area contributed by atoms with Crippen molar-refractivity contribution in [3.05, 3.63) is 60.2 Å². The zero-order valence-corrected chi connectivity index (χ0v) is 17.3. The molecule has 3 amide bonds. The molecule has 0 saturated carbocycles. The number of nitrogens with one attached hydrogen (secondary N) is 2. The first-order valence-corrected chi connectivity index (χ1v) is 10.2. The van der Waals surface area contributed by atoms with Crippen molar-refractivity contribution in [2.75, 3.05) is 16.8 Å². The molecule has 3 rings (SSSR count). The fourth-order valence-corrected chi connectivity index (χ4v) is 3.10. The molecule has 154 valence electrons.